The highest BCUT2D eigenvalue weighted by Crippen LogP contribution is 2.65. The Morgan fingerprint density at radius 1 is 1.27 bits per heavy atom. The van der Waals surface area contributed by atoms with Crippen LogP contribution in [0, 0.1) is 40.4 Å². The summed E-state index contributed by atoms with van der Waals surface area (Å²) in [5.41, 5.74) is 0.570. The molecular formula is C21H30N2O3. The van der Waals surface area contributed by atoms with E-state index < -0.39 is 0 Å². The summed E-state index contributed by atoms with van der Waals surface area (Å²) < 4.78 is 5.40. The molecule has 3 atom stereocenters. The fourth-order valence-electron chi connectivity index (χ4n) is 6.09. The monoisotopic (exact) mass is 358 g/mol. The molecule has 0 radical (unpaired) electrons. The minimum atomic E-state index is -0.319. The number of nitriles is 1. The van der Waals surface area contributed by atoms with Crippen molar-refractivity contribution in [2.24, 2.45) is 29.1 Å². The number of esters is 1. The lowest BCUT2D eigenvalue weighted by atomic mass is 9.44. The standard InChI is InChI=1S/C21H30N2O3/c1-14(2)20(25)26-7-4-21-12-15-8-16(13-21)10-17(9-15)18(21)11-19(24)23-6-3-5-22/h15-18H,1,3-4,6-13H2,2H3,(H,23,24). The van der Waals surface area contributed by atoms with Gasteiger partial charge in [0.2, 0.25) is 5.91 Å². The van der Waals surface area contributed by atoms with Gasteiger partial charge in [-0.05, 0) is 74.5 Å². The van der Waals surface area contributed by atoms with Gasteiger partial charge < -0.3 is 10.1 Å². The Kier molecular flexibility index (Phi) is 5.70. The highest BCUT2D eigenvalue weighted by atomic mass is 16.5. The lowest BCUT2D eigenvalue weighted by molar-refractivity contribution is -0.150. The first-order valence-corrected chi connectivity index (χ1v) is 9.90. The Morgan fingerprint density at radius 3 is 2.58 bits per heavy atom. The van der Waals surface area contributed by atoms with Gasteiger partial charge in [-0.25, -0.2) is 4.79 Å². The van der Waals surface area contributed by atoms with E-state index in [-0.39, 0.29) is 17.3 Å². The van der Waals surface area contributed by atoms with E-state index in [0.29, 0.717) is 43.4 Å². The van der Waals surface area contributed by atoms with E-state index in [9.17, 15) is 9.59 Å². The molecule has 5 nitrogen and oxygen atoms in total. The molecule has 4 fully saturated rings. The van der Waals surface area contributed by atoms with Crippen molar-refractivity contribution in [3.63, 3.8) is 0 Å². The minimum Gasteiger partial charge on any atom is -0.462 e. The van der Waals surface area contributed by atoms with E-state index in [2.05, 4.69) is 18.0 Å². The molecule has 0 heterocycles. The number of carbonyl (C=O) groups excluding carboxylic acids is 2. The molecule has 3 unspecified atom stereocenters. The number of carbonyl (C=O) groups is 2. The molecule has 0 spiro atoms. The van der Waals surface area contributed by atoms with E-state index in [0.717, 1.165) is 18.3 Å². The summed E-state index contributed by atoms with van der Waals surface area (Å²) in [6, 6.07) is 2.06. The Bertz CT molecular complexity index is 607. The number of rotatable bonds is 8. The van der Waals surface area contributed by atoms with E-state index in [1.165, 1.54) is 32.1 Å². The summed E-state index contributed by atoms with van der Waals surface area (Å²) in [5, 5.41) is 11.5. The van der Waals surface area contributed by atoms with Crippen molar-refractivity contribution in [2.45, 2.75) is 58.3 Å². The fourth-order valence-corrected chi connectivity index (χ4v) is 6.09. The molecule has 142 valence electrons. The minimum absolute atomic E-state index is 0.0658. The molecule has 0 aromatic heterocycles. The van der Waals surface area contributed by atoms with Crippen LogP contribution >= 0.6 is 0 Å². The van der Waals surface area contributed by atoms with Crippen LogP contribution in [0.3, 0.4) is 0 Å². The van der Waals surface area contributed by atoms with Gasteiger partial charge in [0.05, 0.1) is 19.1 Å². The van der Waals surface area contributed by atoms with Gasteiger partial charge in [0.25, 0.3) is 0 Å². The van der Waals surface area contributed by atoms with Crippen LogP contribution in [0.5, 0.6) is 0 Å². The van der Waals surface area contributed by atoms with Crippen molar-refractivity contribution in [1.29, 1.82) is 5.26 Å². The first-order valence-electron chi connectivity index (χ1n) is 9.90. The third-order valence-corrected chi connectivity index (χ3v) is 6.83. The van der Waals surface area contributed by atoms with Crippen LogP contribution in [0.2, 0.25) is 0 Å². The Balaban J connectivity index is 1.65. The maximum absolute atomic E-state index is 12.4. The molecule has 4 aliphatic rings. The molecule has 0 aromatic carbocycles. The van der Waals surface area contributed by atoms with E-state index >= 15 is 0 Å². The predicted molar refractivity (Wildman–Crippen MR) is 97.7 cm³/mol. The average molecular weight is 358 g/mol. The molecule has 1 N–H and O–H groups in total. The smallest absolute Gasteiger partial charge is 0.333 e. The van der Waals surface area contributed by atoms with Crippen LogP contribution in [0.25, 0.3) is 0 Å². The quantitative estimate of drug-likeness (QED) is 0.410. The molecule has 4 saturated carbocycles. The molecule has 26 heavy (non-hydrogen) atoms. The molecule has 0 aromatic rings. The maximum Gasteiger partial charge on any atom is 0.333 e. The molecule has 5 heteroatoms. The summed E-state index contributed by atoms with van der Waals surface area (Å²) in [7, 11) is 0. The number of hydrogen-bond donors (Lipinski definition) is 1. The SMILES string of the molecule is C=C(C)C(=O)OCCC12CC3CC(CC(C3)C1CC(=O)NCCC#N)C2. The van der Waals surface area contributed by atoms with E-state index in [4.69, 9.17) is 10.00 Å². The van der Waals surface area contributed by atoms with E-state index in [1.54, 1.807) is 6.92 Å². The Morgan fingerprint density at radius 2 is 1.96 bits per heavy atom. The third-order valence-electron chi connectivity index (χ3n) is 6.83. The average Bonchev–Trinajstić information content (AvgIpc) is 2.57. The highest BCUT2D eigenvalue weighted by molar-refractivity contribution is 5.86. The van der Waals surface area contributed by atoms with Gasteiger partial charge in [-0.2, -0.15) is 5.26 Å². The Hall–Kier alpha value is -1.83. The summed E-state index contributed by atoms with van der Waals surface area (Å²) in [4.78, 5) is 24.1. The largest absolute Gasteiger partial charge is 0.462 e. The van der Waals surface area contributed by atoms with Crippen molar-refractivity contribution in [3.05, 3.63) is 12.2 Å². The van der Waals surface area contributed by atoms with Crippen molar-refractivity contribution < 1.29 is 14.3 Å². The van der Waals surface area contributed by atoms with Crippen LogP contribution < -0.4 is 5.32 Å². The number of hydrogen-bond acceptors (Lipinski definition) is 4. The number of nitrogens with one attached hydrogen (secondary N) is 1. The van der Waals surface area contributed by atoms with Crippen LogP contribution in [-0.2, 0) is 14.3 Å². The van der Waals surface area contributed by atoms with Crippen molar-refractivity contribution >= 4 is 11.9 Å². The first-order chi connectivity index (χ1) is 12.4. The zero-order chi connectivity index (χ0) is 18.7. The summed E-state index contributed by atoms with van der Waals surface area (Å²) in [5.74, 6) is 2.31. The van der Waals surface area contributed by atoms with Gasteiger partial charge in [-0.1, -0.05) is 6.58 Å². The lowest BCUT2D eigenvalue weighted by Gasteiger charge is -2.61. The number of ether oxygens (including phenoxy) is 1. The van der Waals surface area contributed by atoms with Gasteiger partial charge in [-0.15, -0.1) is 0 Å². The van der Waals surface area contributed by atoms with Crippen LogP contribution in [0.4, 0.5) is 0 Å². The van der Waals surface area contributed by atoms with E-state index in [1.807, 2.05) is 0 Å². The molecule has 4 bridgehead atoms. The van der Waals surface area contributed by atoms with Crippen LogP contribution in [0.1, 0.15) is 58.3 Å². The second kappa shape index (κ2) is 7.82. The third kappa shape index (κ3) is 3.95. The zero-order valence-corrected chi connectivity index (χ0v) is 15.8. The van der Waals surface area contributed by atoms with Crippen LogP contribution in [-0.4, -0.2) is 25.0 Å². The topological polar surface area (TPSA) is 79.2 Å². The van der Waals surface area contributed by atoms with Gasteiger partial charge in [0.1, 0.15) is 0 Å². The zero-order valence-electron chi connectivity index (χ0n) is 15.8. The molecule has 1 amide bonds. The molecular weight excluding hydrogens is 328 g/mol. The van der Waals surface area contributed by atoms with Gasteiger partial charge in [0, 0.05) is 18.5 Å². The van der Waals surface area contributed by atoms with Crippen molar-refractivity contribution in [2.75, 3.05) is 13.2 Å². The summed E-state index contributed by atoms with van der Waals surface area (Å²) >= 11 is 0. The molecule has 0 saturated heterocycles. The van der Waals surface area contributed by atoms with Gasteiger partial charge in [-0.3, -0.25) is 4.79 Å². The number of amides is 1. The normalized spacial score (nSPS) is 34.2. The Labute approximate surface area is 156 Å². The van der Waals surface area contributed by atoms with Gasteiger partial charge >= 0.3 is 5.97 Å². The molecule has 4 aliphatic carbocycles. The first kappa shape index (κ1) is 18.9. The predicted octanol–water partition coefficient (Wildman–Crippen LogP) is 3.36. The van der Waals surface area contributed by atoms with Gasteiger partial charge in [0.15, 0.2) is 0 Å². The highest BCUT2D eigenvalue weighted by Gasteiger charge is 2.56. The fraction of sp³-hybridized carbons (Fsp3) is 0.762. The second-order valence-electron chi connectivity index (χ2n) is 8.70. The van der Waals surface area contributed by atoms with Crippen molar-refractivity contribution in [1.82, 2.24) is 5.32 Å². The van der Waals surface area contributed by atoms with Crippen LogP contribution in [0.15, 0.2) is 12.2 Å². The maximum atomic E-state index is 12.4. The second-order valence-corrected chi connectivity index (χ2v) is 8.70. The van der Waals surface area contributed by atoms with Crippen molar-refractivity contribution in [3.8, 4) is 6.07 Å². The summed E-state index contributed by atoms with van der Waals surface area (Å²) in [6.45, 7) is 6.16. The number of nitrogens with zero attached hydrogens (tertiary/aromatic N) is 1. The molecule has 4 rings (SSSR count). The molecule has 0 aliphatic heterocycles. The summed E-state index contributed by atoms with van der Waals surface area (Å²) in [6.07, 6.45) is 7.92. The lowest BCUT2D eigenvalue weighted by Crippen LogP contribution is -2.54.